The van der Waals surface area contributed by atoms with Gasteiger partial charge >= 0.3 is 6.03 Å². The van der Waals surface area contributed by atoms with Gasteiger partial charge in [-0.3, -0.25) is 4.79 Å². The van der Waals surface area contributed by atoms with Crippen molar-refractivity contribution in [3.63, 3.8) is 0 Å². The molecule has 1 heterocycles. The lowest BCUT2D eigenvalue weighted by Gasteiger charge is -2.33. The van der Waals surface area contributed by atoms with Gasteiger partial charge in [0.25, 0.3) is 0 Å². The molecule has 2 rings (SSSR count). The molecule has 0 bridgehead atoms. The van der Waals surface area contributed by atoms with E-state index in [4.69, 9.17) is 0 Å². The van der Waals surface area contributed by atoms with Crippen molar-refractivity contribution >= 4 is 18.0 Å². The van der Waals surface area contributed by atoms with Crippen LogP contribution in [0.3, 0.4) is 0 Å². The maximum atomic E-state index is 11.9. The molecule has 1 aromatic rings. The molecule has 0 aromatic heterocycles. The predicted octanol–water partition coefficient (Wildman–Crippen LogP) is 1.53. The largest absolute Gasteiger partial charge is 0.339 e. The number of amides is 3. The molecular formula is C15H19N3O2. The number of urea groups is 1. The molecule has 106 valence electrons. The van der Waals surface area contributed by atoms with E-state index in [-0.39, 0.29) is 11.9 Å². The monoisotopic (exact) mass is 273 g/mol. The van der Waals surface area contributed by atoms with Gasteiger partial charge in [0.15, 0.2) is 0 Å². The number of nitrogens with zero attached hydrogens (tertiary/aromatic N) is 2. The van der Waals surface area contributed by atoms with Crippen LogP contribution in [0, 0.1) is 0 Å². The zero-order valence-corrected chi connectivity index (χ0v) is 11.6. The summed E-state index contributed by atoms with van der Waals surface area (Å²) in [6, 6.07) is 9.65. The summed E-state index contributed by atoms with van der Waals surface area (Å²) in [5.41, 5.74) is 1.04. The number of benzene rings is 1. The summed E-state index contributed by atoms with van der Waals surface area (Å²) in [6.07, 6.45) is 3.50. The normalized spacial score (nSPS) is 15.4. The minimum Gasteiger partial charge on any atom is -0.339 e. The molecule has 3 amide bonds. The second kappa shape index (κ2) is 6.75. The lowest BCUT2D eigenvalue weighted by molar-refractivity contribution is -0.130. The Labute approximate surface area is 118 Å². The van der Waals surface area contributed by atoms with Gasteiger partial charge in [0, 0.05) is 39.3 Å². The molecule has 20 heavy (non-hydrogen) atoms. The lowest BCUT2D eigenvalue weighted by Crippen LogP contribution is -2.52. The van der Waals surface area contributed by atoms with Crippen LogP contribution in [-0.4, -0.2) is 47.9 Å². The second-order valence-electron chi connectivity index (χ2n) is 4.69. The smallest absolute Gasteiger partial charge is 0.321 e. The summed E-state index contributed by atoms with van der Waals surface area (Å²) in [5.74, 6) is 0.0639. The molecule has 0 saturated carbocycles. The van der Waals surface area contributed by atoms with Gasteiger partial charge in [0.2, 0.25) is 5.91 Å². The molecule has 1 N–H and O–H groups in total. The molecule has 1 aromatic carbocycles. The highest BCUT2D eigenvalue weighted by atomic mass is 16.2. The molecule has 1 aliphatic heterocycles. The number of carbonyl (C=O) groups excluding carboxylic acids is 2. The summed E-state index contributed by atoms with van der Waals surface area (Å²) in [6.45, 7) is 3.91. The van der Waals surface area contributed by atoms with Crippen LogP contribution in [0.5, 0.6) is 0 Å². The minimum atomic E-state index is -0.125. The molecule has 1 saturated heterocycles. The number of hydrogen-bond acceptors (Lipinski definition) is 2. The Balaban J connectivity index is 1.79. The van der Waals surface area contributed by atoms with Crippen LogP contribution in [-0.2, 0) is 4.79 Å². The van der Waals surface area contributed by atoms with E-state index in [1.807, 2.05) is 36.4 Å². The van der Waals surface area contributed by atoms with Crippen LogP contribution in [0.1, 0.15) is 12.5 Å². The van der Waals surface area contributed by atoms with Gasteiger partial charge in [0.05, 0.1) is 0 Å². The van der Waals surface area contributed by atoms with Crippen molar-refractivity contribution in [3.05, 3.63) is 42.1 Å². The topological polar surface area (TPSA) is 52.7 Å². The highest BCUT2D eigenvalue weighted by molar-refractivity contribution is 5.77. The average molecular weight is 273 g/mol. The fourth-order valence-electron chi connectivity index (χ4n) is 2.09. The maximum Gasteiger partial charge on any atom is 0.321 e. The third kappa shape index (κ3) is 3.85. The van der Waals surface area contributed by atoms with Crippen molar-refractivity contribution in [3.8, 4) is 0 Å². The molecule has 1 fully saturated rings. The molecule has 5 heteroatoms. The summed E-state index contributed by atoms with van der Waals surface area (Å²) in [7, 11) is 0. The fraction of sp³-hybridized carbons (Fsp3) is 0.333. The molecule has 1 aliphatic rings. The van der Waals surface area contributed by atoms with E-state index in [0.29, 0.717) is 26.2 Å². The van der Waals surface area contributed by atoms with E-state index in [2.05, 4.69) is 5.32 Å². The fourth-order valence-corrected chi connectivity index (χ4v) is 2.09. The molecular weight excluding hydrogens is 254 g/mol. The first kappa shape index (κ1) is 14.1. The van der Waals surface area contributed by atoms with E-state index in [9.17, 15) is 9.59 Å². The van der Waals surface area contributed by atoms with Gasteiger partial charge < -0.3 is 15.1 Å². The van der Waals surface area contributed by atoms with E-state index in [1.54, 1.807) is 22.9 Å². The van der Waals surface area contributed by atoms with Crippen molar-refractivity contribution in [1.82, 2.24) is 15.1 Å². The molecule has 0 aliphatic carbocycles. The highest BCUT2D eigenvalue weighted by Crippen LogP contribution is 2.03. The Morgan fingerprint density at radius 2 is 1.65 bits per heavy atom. The number of hydrogen-bond donors (Lipinski definition) is 1. The van der Waals surface area contributed by atoms with Gasteiger partial charge in [-0.25, -0.2) is 4.79 Å². The van der Waals surface area contributed by atoms with Crippen molar-refractivity contribution < 1.29 is 9.59 Å². The van der Waals surface area contributed by atoms with E-state index in [1.165, 1.54) is 0 Å². The summed E-state index contributed by atoms with van der Waals surface area (Å²) in [4.78, 5) is 26.6. The Kier molecular flexibility index (Phi) is 4.76. The third-order valence-electron chi connectivity index (χ3n) is 3.29. The first-order valence-electron chi connectivity index (χ1n) is 6.69. The van der Waals surface area contributed by atoms with Crippen molar-refractivity contribution in [2.24, 2.45) is 0 Å². The van der Waals surface area contributed by atoms with Crippen LogP contribution in [0.15, 0.2) is 36.5 Å². The van der Waals surface area contributed by atoms with Crippen LogP contribution in [0.2, 0.25) is 0 Å². The Hall–Kier alpha value is -2.30. The van der Waals surface area contributed by atoms with E-state index < -0.39 is 0 Å². The third-order valence-corrected chi connectivity index (χ3v) is 3.29. The van der Waals surface area contributed by atoms with Crippen LogP contribution in [0.4, 0.5) is 4.79 Å². The second-order valence-corrected chi connectivity index (χ2v) is 4.69. The van der Waals surface area contributed by atoms with Crippen LogP contribution < -0.4 is 5.32 Å². The molecule has 0 radical (unpaired) electrons. The molecule has 0 spiro atoms. The minimum absolute atomic E-state index is 0.0639. The van der Waals surface area contributed by atoms with Gasteiger partial charge in [-0.05, 0) is 11.6 Å². The number of piperazine rings is 1. The van der Waals surface area contributed by atoms with E-state index in [0.717, 1.165) is 5.56 Å². The maximum absolute atomic E-state index is 11.9. The van der Waals surface area contributed by atoms with Gasteiger partial charge in [0.1, 0.15) is 0 Å². The lowest BCUT2D eigenvalue weighted by atomic mass is 10.2. The predicted molar refractivity (Wildman–Crippen MR) is 77.8 cm³/mol. The first-order chi connectivity index (χ1) is 9.66. The Bertz CT molecular complexity index is 491. The highest BCUT2D eigenvalue weighted by Gasteiger charge is 2.21. The molecule has 0 atom stereocenters. The van der Waals surface area contributed by atoms with Crippen LogP contribution >= 0.6 is 0 Å². The molecule has 0 unspecified atom stereocenters. The van der Waals surface area contributed by atoms with Gasteiger partial charge in [-0.15, -0.1) is 0 Å². The number of carbonyl (C=O) groups is 2. The molecule has 5 nitrogen and oxygen atoms in total. The summed E-state index contributed by atoms with van der Waals surface area (Å²) >= 11 is 0. The van der Waals surface area contributed by atoms with Gasteiger partial charge in [-0.1, -0.05) is 30.3 Å². The quantitative estimate of drug-likeness (QED) is 0.888. The Morgan fingerprint density at radius 1 is 1.05 bits per heavy atom. The number of rotatable bonds is 2. The first-order valence-corrected chi connectivity index (χ1v) is 6.69. The standard InChI is InChI=1S/C15H19N3O2/c1-13(19)17-9-11-18(12-10-17)15(20)16-8-7-14-5-3-2-4-6-14/h2-8H,9-12H2,1H3,(H,16,20)/b8-7+. The Morgan fingerprint density at radius 3 is 2.25 bits per heavy atom. The summed E-state index contributed by atoms with van der Waals surface area (Å²) in [5, 5.41) is 2.75. The summed E-state index contributed by atoms with van der Waals surface area (Å²) < 4.78 is 0. The zero-order valence-electron chi connectivity index (χ0n) is 11.6. The van der Waals surface area contributed by atoms with Crippen molar-refractivity contribution in [2.45, 2.75) is 6.92 Å². The van der Waals surface area contributed by atoms with Crippen molar-refractivity contribution in [2.75, 3.05) is 26.2 Å². The zero-order chi connectivity index (χ0) is 14.4. The van der Waals surface area contributed by atoms with Crippen LogP contribution in [0.25, 0.3) is 6.08 Å². The SMILES string of the molecule is CC(=O)N1CCN(C(=O)N/C=C/c2ccccc2)CC1. The van der Waals surface area contributed by atoms with E-state index >= 15 is 0 Å². The average Bonchev–Trinajstić information content (AvgIpc) is 2.48. The van der Waals surface area contributed by atoms with Gasteiger partial charge in [-0.2, -0.15) is 0 Å². The van der Waals surface area contributed by atoms with Crippen molar-refractivity contribution in [1.29, 1.82) is 0 Å². The number of nitrogens with one attached hydrogen (secondary N) is 1.